The van der Waals surface area contributed by atoms with E-state index < -0.39 is 0 Å². The van der Waals surface area contributed by atoms with E-state index in [0.717, 1.165) is 12.8 Å². The summed E-state index contributed by atoms with van der Waals surface area (Å²) in [7, 11) is 0. The van der Waals surface area contributed by atoms with E-state index in [1.54, 1.807) is 0 Å². The van der Waals surface area contributed by atoms with Gasteiger partial charge in [-0.05, 0) is 30.9 Å². The molecule has 66 valence electrons. The third-order valence-corrected chi connectivity index (χ3v) is 2.24. The van der Waals surface area contributed by atoms with Crippen LogP contribution in [0.4, 0.5) is 0 Å². The van der Waals surface area contributed by atoms with Crippen LogP contribution in [-0.4, -0.2) is 6.04 Å². The molecule has 1 aliphatic carbocycles. The maximum atomic E-state index is 5.42. The highest BCUT2D eigenvalue weighted by atomic mass is 15.2. The van der Waals surface area contributed by atoms with Gasteiger partial charge in [0.2, 0.25) is 0 Å². The summed E-state index contributed by atoms with van der Waals surface area (Å²) in [5, 5.41) is 0. The van der Waals surface area contributed by atoms with Crippen LogP contribution in [0.5, 0.6) is 0 Å². The zero-order valence-corrected chi connectivity index (χ0v) is 7.51. The van der Waals surface area contributed by atoms with Gasteiger partial charge < -0.3 is 0 Å². The van der Waals surface area contributed by atoms with E-state index in [9.17, 15) is 0 Å². The van der Waals surface area contributed by atoms with Crippen molar-refractivity contribution in [2.75, 3.05) is 0 Å². The molecule has 0 aromatic carbocycles. The summed E-state index contributed by atoms with van der Waals surface area (Å²) in [5.41, 5.74) is 5.41. The van der Waals surface area contributed by atoms with Crippen LogP contribution >= 0.6 is 0 Å². The van der Waals surface area contributed by atoms with Gasteiger partial charge in [0.15, 0.2) is 0 Å². The zero-order chi connectivity index (χ0) is 8.97. The number of hydrogen-bond donors (Lipinski definition) is 2. The molecule has 0 aromatic rings. The number of nitrogens with two attached hydrogens (primary N) is 1. The summed E-state index contributed by atoms with van der Waals surface area (Å²) >= 11 is 0. The van der Waals surface area contributed by atoms with Gasteiger partial charge in [-0.3, -0.25) is 11.3 Å². The highest BCUT2D eigenvalue weighted by Crippen LogP contribution is 2.27. The van der Waals surface area contributed by atoms with Crippen molar-refractivity contribution in [3.63, 3.8) is 0 Å². The Balaban J connectivity index is 2.88. The second-order valence-corrected chi connectivity index (χ2v) is 2.94. The largest absolute Gasteiger partial charge is 0.271 e. The molecule has 0 fully saturated rings. The summed E-state index contributed by atoms with van der Waals surface area (Å²) in [6.45, 7) is 5.80. The van der Waals surface area contributed by atoms with E-state index in [-0.39, 0.29) is 0 Å². The topological polar surface area (TPSA) is 38.0 Å². The number of hydrazine groups is 1. The smallest absolute Gasteiger partial charge is 0.0465 e. The first-order chi connectivity index (χ1) is 5.83. The monoisotopic (exact) mass is 164 g/mol. The summed E-state index contributed by atoms with van der Waals surface area (Å²) in [6.07, 6.45) is 8.23. The Morgan fingerprint density at radius 1 is 1.67 bits per heavy atom. The lowest BCUT2D eigenvalue weighted by Gasteiger charge is -2.09. The van der Waals surface area contributed by atoms with Crippen LogP contribution in [0.3, 0.4) is 0 Å². The molecule has 0 saturated heterocycles. The van der Waals surface area contributed by atoms with Crippen molar-refractivity contribution in [3.05, 3.63) is 36.0 Å². The molecule has 0 saturated carbocycles. The minimum Gasteiger partial charge on any atom is -0.271 e. The van der Waals surface area contributed by atoms with E-state index in [0.29, 0.717) is 6.04 Å². The van der Waals surface area contributed by atoms with Gasteiger partial charge in [-0.25, -0.2) is 0 Å². The Kier molecular flexibility index (Phi) is 3.26. The Morgan fingerprint density at radius 3 is 2.92 bits per heavy atom. The molecule has 0 heterocycles. The van der Waals surface area contributed by atoms with Crippen LogP contribution in [0.2, 0.25) is 0 Å². The fourth-order valence-corrected chi connectivity index (χ4v) is 1.62. The maximum absolute atomic E-state index is 5.42. The summed E-state index contributed by atoms with van der Waals surface area (Å²) < 4.78 is 0. The van der Waals surface area contributed by atoms with Gasteiger partial charge in [0.05, 0.1) is 0 Å². The van der Waals surface area contributed by atoms with Gasteiger partial charge >= 0.3 is 0 Å². The second-order valence-electron chi connectivity index (χ2n) is 2.94. The number of hydrogen-bond acceptors (Lipinski definition) is 2. The third-order valence-electron chi connectivity index (χ3n) is 2.24. The van der Waals surface area contributed by atoms with Crippen molar-refractivity contribution in [2.45, 2.75) is 25.8 Å². The number of nitrogens with one attached hydrogen (secondary N) is 1. The van der Waals surface area contributed by atoms with Crippen molar-refractivity contribution in [3.8, 4) is 0 Å². The zero-order valence-electron chi connectivity index (χ0n) is 7.51. The summed E-state index contributed by atoms with van der Waals surface area (Å²) in [6, 6.07) is 0.314. The molecule has 12 heavy (non-hydrogen) atoms. The Bertz CT molecular complexity index is 226. The van der Waals surface area contributed by atoms with Crippen LogP contribution in [-0.2, 0) is 0 Å². The predicted octanol–water partition coefficient (Wildman–Crippen LogP) is 1.67. The highest BCUT2D eigenvalue weighted by molar-refractivity contribution is 5.39. The van der Waals surface area contributed by atoms with Crippen LogP contribution in [0, 0.1) is 0 Å². The predicted molar refractivity (Wildman–Crippen MR) is 52.4 cm³/mol. The molecular formula is C10H16N2. The molecule has 0 amide bonds. The molecule has 0 bridgehead atoms. The lowest BCUT2D eigenvalue weighted by atomic mass is 10.1. The molecule has 1 aliphatic rings. The Hall–Kier alpha value is -0.860. The standard InChI is InChI=1S/C10H16N2/c1-3-5-9-8(4-2)6-7-10(9)12-11/h3-5,10,12H,2,6-7,11H2,1H3/b5-3-. The molecule has 1 rings (SSSR count). The van der Waals surface area contributed by atoms with Crippen LogP contribution < -0.4 is 11.3 Å². The average molecular weight is 164 g/mol. The average Bonchev–Trinajstić information content (AvgIpc) is 2.48. The first kappa shape index (κ1) is 9.23. The van der Waals surface area contributed by atoms with Crippen LogP contribution in [0.25, 0.3) is 0 Å². The van der Waals surface area contributed by atoms with Gasteiger partial charge in [0.1, 0.15) is 0 Å². The SMILES string of the molecule is C=CC1=C(/C=C\C)C(NN)CC1. The minimum atomic E-state index is 0.314. The Labute approximate surface area is 73.8 Å². The minimum absolute atomic E-state index is 0.314. The van der Waals surface area contributed by atoms with E-state index >= 15 is 0 Å². The molecule has 2 nitrogen and oxygen atoms in total. The van der Waals surface area contributed by atoms with Gasteiger partial charge in [-0.15, -0.1) is 0 Å². The second kappa shape index (κ2) is 4.24. The summed E-state index contributed by atoms with van der Waals surface area (Å²) in [5.74, 6) is 5.42. The van der Waals surface area contributed by atoms with Gasteiger partial charge in [-0.2, -0.15) is 0 Å². The van der Waals surface area contributed by atoms with Crippen molar-refractivity contribution in [2.24, 2.45) is 5.84 Å². The molecule has 0 aliphatic heterocycles. The van der Waals surface area contributed by atoms with Gasteiger partial charge in [0, 0.05) is 6.04 Å². The normalized spacial score (nSPS) is 24.0. The fraction of sp³-hybridized carbons (Fsp3) is 0.400. The molecule has 0 aromatic heterocycles. The molecule has 1 unspecified atom stereocenters. The maximum Gasteiger partial charge on any atom is 0.0465 e. The molecule has 1 atom stereocenters. The van der Waals surface area contributed by atoms with E-state index in [1.807, 2.05) is 19.1 Å². The van der Waals surface area contributed by atoms with Gasteiger partial charge in [0.25, 0.3) is 0 Å². The van der Waals surface area contributed by atoms with Crippen molar-refractivity contribution in [1.82, 2.24) is 5.43 Å². The first-order valence-electron chi connectivity index (χ1n) is 4.27. The van der Waals surface area contributed by atoms with E-state index in [1.165, 1.54) is 11.1 Å². The van der Waals surface area contributed by atoms with E-state index in [4.69, 9.17) is 5.84 Å². The lowest BCUT2D eigenvalue weighted by Crippen LogP contribution is -2.34. The Morgan fingerprint density at radius 2 is 2.42 bits per heavy atom. The van der Waals surface area contributed by atoms with Crippen LogP contribution in [0.1, 0.15) is 19.8 Å². The quantitative estimate of drug-likeness (QED) is 0.492. The molecule has 2 heteroatoms. The highest BCUT2D eigenvalue weighted by Gasteiger charge is 2.20. The van der Waals surface area contributed by atoms with Crippen molar-refractivity contribution >= 4 is 0 Å². The number of rotatable bonds is 3. The van der Waals surface area contributed by atoms with Crippen molar-refractivity contribution in [1.29, 1.82) is 0 Å². The fourth-order valence-electron chi connectivity index (χ4n) is 1.62. The van der Waals surface area contributed by atoms with Gasteiger partial charge in [-0.1, -0.05) is 24.8 Å². The molecule has 0 radical (unpaired) electrons. The van der Waals surface area contributed by atoms with Crippen LogP contribution in [0.15, 0.2) is 36.0 Å². The first-order valence-corrected chi connectivity index (χ1v) is 4.27. The molecular weight excluding hydrogens is 148 g/mol. The van der Waals surface area contributed by atoms with Crippen molar-refractivity contribution < 1.29 is 0 Å². The molecule has 3 N–H and O–H groups in total. The molecule has 0 spiro atoms. The lowest BCUT2D eigenvalue weighted by molar-refractivity contribution is 0.594. The number of allylic oxidation sites excluding steroid dienone is 3. The summed E-state index contributed by atoms with van der Waals surface area (Å²) in [4.78, 5) is 0. The van der Waals surface area contributed by atoms with E-state index in [2.05, 4.69) is 18.1 Å². The third kappa shape index (κ3) is 1.65.